The summed E-state index contributed by atoms with van der Waals surface area (Å²) < 4.78 is 4.95. The standard InChI is InChI=1S/C6H12O3.C2H6/c1-4-2-5(7)3-6(8)9-4;1-2/h4-8H,2-3H2,1H3;1-2H3. The van der Waals surface area contributed by atoms with Gasteiger partial charge in [-0.05, 0) is 13.3 Å². The van der Waals surface area contributed by atoms with Crippen LogP contribution in [0.3, 0.4) is 0 Å². The van der Waals surface area contributed by atoms with Gasteiger partial charge < -0.3 is 14.9 Å². The van der Waals surface area contributed by atoms with Crippen molar-refractivity contribution in [1.82, 2.24) is 0 Å². The van der Waals surface area contributed by atoms with Gasteiger partial charge in [0.05, 0.1) is 12.2 Å². The Kier molecular flexibility index (Phi) is 5.46. The molecule has 1 fully saturated rings. The van der Waals surface area contributed by atoms with Crippen LogP contribution in [-0.4, -0.2) is 28.7 Å². The molecule has 2 N–H and O–H groups in total. The van der Waals surface area contributed by atoms with Crippen molar-refractivity contribution in [1.29, 1.82) is 0 Å². The third kappa shape index (κ3) is 4.35. The predicted octanol–water partition coefficient (Wildman–Crippen LogP) is 0.891. The van der Waals surface area contributed by atoms with Crippen LogP contribution < -0.4 is 0 Å². The lowest BCUT2D eigenvalue weighted by atomic mass is 10.1. The average molecular weight is 162 g/mol. The number of aliphatic hydroxyl groups is 2. The predicted molar refractivity (Wildman–Crippen MR) is 43.1 cm³/mol. The summed E-state index contributed by atoms with van der Waals surface area (Å²) in [4.78, 5) is 0. The third-order valence-electron chi connectivity index (χ3n) is 1.47. The van der Waals surface area contributed by atoms with E-state index in [2.05, 4.69) is 0 Å². The summed E-state index contributed by atoms with van der Waals surface area (Å²) in [7, 11) is 0. The van der Waals surface area contributed by atoms with E-state index in [1.54, 1.807) is 0 Å². The Bertz CT molecular complexity index is 70.3. The van der Waals surface area contributed by atoms with Crippen molar-refractivity contribution in [3.63, 3.8) is 0 Å². The zero-order chi connectivity index (χ0) is 8.85. The van der Waals surface area contributed by atoms with Crippen LogP contribution in [0.4, 0.5) is 0 Å². The maximum atomic E-state index is 9.01. The maximum Gasteiger partial charge on any atom is 0.157 e. The third-order valence-corrected chi connectivity index (χ3v) is 1.47. The molecule has 1 heterocycles. The molecule has 1 rings (SSSR count). The lowest BCUT2D eigenvalue weighted by molar-refractivity contribution is -0.183. The first kappa shape index (κ1) is 10.9. The molecule has 1 aliphatic rings. The van der Waals surface area contributed by atoms with Gasteiger partial charge in [-0.2, -0.15) is 0 Å². The lowest BCUT2D eigenvalue weighted by Gasteiger charge is -2.27. The van der Waals surface area contributed by atoms with Crippen molar-refractivity contribution in [3.8, 4) is 0 Å². The van der Waals surface area contributed by atoms with Crippen molar-refractivity contribution in [3.05, 3.63) is 0 Å². The Balaban J connectivity index is 0.000000461. The van der Waals surface area contributed by atoms with Gasteiger partial charge in [0.25, 0.3) is 0 Å². The van der Waals surface area contributed by atoms with Crippen molar-refractivity contribution >= 4 is 0 Å². The van der Waals surface area contributed by atoms with Gasteiger partial charge in [-0.3, -0.25) is 0 Å². The van der Waals surface area contributed by atoms with Gasteiger partial charge in [-0.25, -0.2) is 0 Å². The molecule has 0 amide bonds. The van der Waals surface area contributed by atoms with Crippen molar-refractivity contribution in [2.75, 3.05) is 0 Å². The van der Waals surface area contributed by atoms with Gasteiger partial charge in [0.15, 0.2) is 6.29 Å². The minimum absolute atomic E-state index is 0.0104. The monoisotopic (exact) mass is 162 g/mol. The van der Waals surface area contributed by atoms with E-state index < -0.39 is 6.29 Å². The van der Waals surface area contributed by atoms with E-state index in [1.807, 2.05) is 20.8 Å². The molecule has 3 atom stereocenters. The molecule has 3 unspecified atom stereocenters. The van der Waals surface area contributed by atoms with E-state index in [0.717, 1.165) is 0 Å². The quantitative estimate of drug-likeness (QED) is 0.556. The first-order valence-electron chi connectivity index (χ1n) is 4.20. The number of aliphatic hydroxyl groups excluding tert-OH is 2. The Morgan fingerprint density at radius 3 is 2.09 bits per heavy atom. The summed E-state index contributed by atoms with van der Waals surface area (Å²) in [6, 6.07) is 0. The molecule has 0 aromatic rings. The van der Waals surface area contributed by atoms with Gasteiger partial charge in [0, 0.05) is 6.42 Å². The second-order valence-corrected chi connectivity index (χ2v) is 2.53. The number of rotatable bonds is 0. The molecule has 1 saturated heterocycles. The van der Waals surface area contributed by atoms with Crippen LogP contribution in [-0.2, 0) is 4.74 Å². The molecule has 0 spiro atoms. The number of ether oxygens (including phenoxy) is 1. The van der Waals surface area contributed by atoms with Crippen molar-refractivity contribution < 1.29 is 14.9 Å². The summed E-state index contributed by atoms with van der Waals surface area (Å²) in [5.74, 6) is 0. The highest BCUT2D eigenvalue weighted by Crippen LogP contribution is 2.16. The number of hydrogen-bond acceptors (Lipinski definition) is 3. The molecule has 0 bridgehead atoms. The molecule has 0 aromatic heterocycles. The van der Waals surface area contributed by atoms with E-state index in [-0.39, 0.29) is 12.2 Å². The van der Waals surface area contributed by atoms with E-state index in [0.29, 0.717) is 12.8 Å². The zero-order valence-corrected chi connectivity index (χ0v) is 7.45. The average Bonchev–Trinajstić information content (AvgIpc) is 1.88. The molecule has 0 radical (unpaired) electrons. The second-order valence-electron chi connectivity index (χ2n) is 2.53. The van der Waals surface area contributed by atoms with Crippen molar-refractivity contribution in [2.24, 2.45) is 0 Å². The van der Waals surface area contributed by atoms with Gasteiger partial charge in [-0.15, -0.1) is 0 Å². The Hall–Kier alpha value is -0.120. The molecule has 0 saturated carbocycles. The van der Waals surface area contributed by atoms with Crippen LogP contribution in [0, 0.1) is 0 Å². The second kappa shape index (κ2) is 5.52. The zero-order valence-electron chi connectivity index (χ0n) is 7.45. The minimum atomic E-state index is -0.760. The molecule has 1 aliphatic heterocycles. The van der Waals surface area contributed by atoms with Gasteiger partial charge in [0.2, 0.25) is 0 Å². The minimum Gasteiger partial charge on any atom is -0.393 e. The normalized spacial score (nSPS) is 37.4. The lowest BCUT2D eigenvalue weighted by Crippen LogP contribution is -2.33. The largest absolute Gasteiger partial charge is 0.393 e. The van der Waals surface area contributed by atoms with Crippen LogP contribution in [0.25, 0.3) is 0 Å². The number of hydrogen-bond donors (Lipinski definition) is 2. The molecular weight excluding hydrogens is 144 g/mol. The molecular formula is C8H18O3. The summed E-state index contributed by atoms with van der Waals surface area (Å²) in [5.41, 5.74) is 0. The molecule has 3 nitrogen and oxygen atoms in total. The summed E-state index contributed by atoms with van der Waals surface area (Å²) in [6.45, 7) is 5.84. The van der Waals surface area contributed by atoms with E-state index in [9.17, 15) is 0 Å². The van der Waals surface area contributed by atoms with Crippen LogP contribution in [0.1, 0.15) is 33.6 Å². The van der Waals surface area contributed by atoms with Crippen molar-refractivity contribution in [2.45, 2.75) is 52.1 Å². The fourth-order valence-corrected chi connectivity index (χ4v) is 1.09. The SMILES string of the molecule is CC.CC1CC(O)CC(O)O1. The van der Waals surface area contributed by atoms with Crippen LogP contribution in [0.15, 0.2) is 0 Å². The molecule has 11 heavy (non-hydrogen) atoms. The Labute approximate surface area is 68.0 Å². The van der Waals surface area contributed by atoms with E-state index in [4.69, 9.17) is 14.9 Å². The highest BCUT2D eigenvalue weighted by atomic mass is 16.6. The fraction of sp³-hybridized carbons (Fsp3) is 1.00. The topological polar surface area (TPSA) is 49.7 Å². The molecule has 3 heteroatoms. The van der Waals surface area contributed by atoms with Crippen LogP contribution in [0.2, 0.25) is 0 Å². The smallest absolute Gasteiger partial charge is 0.157 e. The Morgan fingerprint density at radius 1 is 1.18 bits per heavy atom. The Morgan fingerprint density at radius 2 is 1.73 bits per heavy atom. The van der Waals surface area contributed by atoms with Crippen LogP contribution in [0.5, 0.6) is 0 Å². The van der Waals surface area contributed by atoms with Crippen LogP contribution >= 0.6 is 0 Å². The first-order valence-corrected chi connectivity index (χ1v) is 4.20. The van der Waals surface area contributed by atoms with Gasteiger partial charge in [0.1, 0.15) is 0 Å². The molecule has 68 valence electrons. The molecule has 0 aromatic carbocycles. The summed E-state index contributed by atoms with van der Waals surface area (Å²) in [5, 5.41) is 17.9. The maximum absolute atomic E-state index is 9.01. The fourth-order valence-electron chi connectivity index (χ4n) is 1.09. The molecule has 0 aliphatic carbocycles. The van der Waals surface area contributed by atoms with E-state index >= 15 is 0 Å². The highest BCUT2D eigenvalue weighted by molar-refractivity contribution is 4.68. The first-order chi connectivity index (χ1) is 5.18. The van der Waals surface area contributed by atoms with Gasteiger partial charge >= 0.3 is 0 Å². The van der Waals surface area contributed by atoms with E-state index in [1.165, 1.54) is 0 Å². The highest BCUT2D eigenvalue weighted by Gasteiger charge is 2.23. The summed E-state index contributed by atoms with van der Waals surface area (Å²) in [6.07, 6.45) is -0.169. The summed E-state index contributed by atoms with van der Waals surface area (Å²) >= 11 is 0. The van der Waals surface area contributed by atoms with Gasteiger partial charge in [-0.1, -0.05) is 13.8 Å².